The molecular formula is C12H13ClN8. The van der Waals surface area contributed by atoms with Crippen LogP contribution in [0.2, 0.25) is 5.28 Å². The van der Waals surface area contributed by atoms with Gasteiger partial charge in [0.2, 0.25) is 17.2 Å². The molecule has 3 aromatic rings. The van der Waals surface area contributed by atoms with Crippen LogP contribution in [0.25, 0.3) is 5.95 Å². The number of hydrogen-bond acceptors (Lipinski definition) is 6. The molecule has 0 unspecified atom stereocenters. The predicted molar refractivity (Wildman–Crippen MR) is 77.2 cm³/mol. The second-order valence-corrected chi connectivity index (χ2v) is 4.77. The third kappa shape index (κ3) is 2.84. The van der Waals surface area contributed by atoms with E-state index in [-0.39, 0.29) is 5.28 Å². The number of imidazole rings is 1. The molecule has 0 aromatic carbocycles. The third-order valence-electron chi connectivity index (χ3n) is 3.11. The lowest BCUT2D eigenvalue weighted by Gasteiger charge is -2.07. The molecule has 3 rings (SSSR count). The lowest BCUT2D eigenvalue weighted by Crippen LogP contribution is -2.09. The van der Waals surface area contributed by atoms with Gasteiger partial charge in [-0.15, -0.1) is 0 Å². The van der Waals surface area contributed by atoms with E-state index in [2.05, 4.69) is 30.4 Å². The highest BCUT2D eigenvalue weighted by Gasteiger charge is 2.08. The molecule has 0 aliphatic rings. The molecule has 0 saturated carbocycles. The Kier molecular flexibility index (Phi) is 3.53. The van der Waals surface area contributed by atoms with Crippen LogP contribution in [0, 0.1) is 6.92 Å². The summed E-state index contributed by atoms with van der Waals surface area (Å²) in [6, 6.07) is 0. The minimum absolute atomic E-state index is 0.124. The first-order valence-electron chi connectivity index (χ1n) is 6.25. The van der Waals surface area contributed by atoms with E-state index >= 15 is 0 Å². The van der Waals surface area contributed by atoms with Crippen LogP contribution < -0.4 is 5.32 Å². The Balaban J connectivity index is 1.81. The number of rotatable bonds is 4. The van der Waals surface area contributed by atoms with Crippen LogP contribution in [0.5, 0.6) is 0 Å². The Morgan fingerprint density at radius 2 is 2.14 bits per heavy atom. The fourth-order valence-electron chi connectivity index (χ4n) is 1.80. The first-order chi connectivity index (χ1) is 10.1. The van der Waals surface area contributed by atoms with E-state index in [0.29, 0.717) is 18.4 Å². The quantitative estimate of drug-likeness (QED) is 0.783. The monoisotopic (exact) mass is 304 g/mol. The summed E-state index contributed by atoms with van der Waals surface area (Å²) < 4.78 is 3.47. The number of anilines is 1. The predicted octanol–water partition coefficient (Wildman–Crippen LogP) is 1.36. The zero-order chi connectivity index (χ0) is 14.8. The van der Waals surface area contributed by atoms with E-state index in [9.17, 15) is 0 Å². The number of nitrogens with zero attached hydrogens (tertiary/aromatic N) is 7. The van der Waals surface area contributed by atoms with E-state index in [4.69, 9.17) is 11.6 Å². The molecule has 108 valence electrons. The van der Waals surface area contributed by atoms with Gasteiger partial charge >= 0.3 is 0 Å². The summed E-state index contributed by atoms with van der Waals surface area (Å²) in [5, 5.41) is 7.44. The summed E-state index contributed by atoms with van der Waals surface area (Å²) in [6.07, 6.45) is 6.78. The molecule has 1 N–H and O–H groups in total. The Morgan fingerprint density at radius 3 is 2.81 bits per heavy atom. The van der Waals surface area contributed by atoms with Gasteiger partial charge < -0.3 is 5.32 Å². The first kappa shape index (κ1) is 13.5. The molecule has 21 heavy (non-hydrogen) atoms. The molecule has 8 nitrogen and oxygen atoms in total. The molecule has 0 fully saturated rings. The second kappa shape index (κ2) is 5.49. The zero-order valence-electron chi connectivity index (χ0n) is 11.5. The van der Waals surface area contributed by atoms with Gasteiger partial charge in [0.25, 0.3) is 0 Å². The van der Waals surface area contributed by atoms with Crippen molar-refractivity contribution in [3.05, 3.63) is 41.5 Å². The molecule has 0 amide bonds. The van der Waals surface area contributed by atoms with Crippen molar-refractivity contribution in [1.82, 2.24) is 34.3 Å². The number of halogens is 1. The van der Waals surface area contributed by atoms with Crippen molar-refractivity contribution in [3.8, 4) is 5.95 Å². The van der Waals surface area contributed by atoms with Crippen molar-refractivity contribution in [1.29, 1.82) is 0 Å². The van der Waals surface area contributed by atoms with Gasteiger partial charge in [0, 0.05) is 37.2 Å². The van der Waals surface area contributed by atoms with Gasteiger partial charge in [0.05, 0.1) is 6.20 Å². The molecule has 3 aromatic heterocycles. The van der Waals surface area contributed by atoms with Crippen LogP contribution in [0.15, 0.2) is 24.9 Å². The average molecular weight is 305 g/mol. The van der Waals surface area contributed by atoms with E-state index in [0.717, 1.165) is 11.3 Å². The number of hydrogen-bond donors (Lipinski definition) is 1. The summed E-state index contributed by atoms with van der Waals surface area (Å²) in [5.74, 6) is 0.819. The van der Waals surface area contributed by atoms with Crippen molar-refractivity contribution in [3.63, 3.8) is 0 Å². The minimum atomic E-state index is 0.124. The van der Waals surface area contributed by atoms with E-state index < -0.39 is 0 Å². The Labute approximate surface area is 125 Å². The lowest BCUT2D eigenvalue weighted by atomic mass is 10.2. The first-order valence-corrected chi connectivity index (χ1v) is 6.62. The number of nitrogens with one attached hydrogen (secondary N) is 1. The van der Waals surface area contributed by atoms with Gasteiger partial charge in [-0.05, 0) is 18.5 Å². The third-order valence-corrected chi connectivity index (χ3v) is 3.27. The maximum atomic E-state index is 5.93. The van der Waals surface area contributed by atoms with Crippen molar-refractivity contribution in [2.45, 2.75) is 13.5 Å². The molecule has 0 spiro atoms. The van der Waals surface area contributed by atoms with Gasteiger partial charge in [-0.3, -0.25) is 9.25 Å². The molecule has 0 radical (unpaired) electrons. The number of aryl methyl sites for hydroxylation is 1. The molecular weight excluding hydrogens is 292 g/mol. The fraction of sp³-hybridized carbons (Fsp3) is 0.250. The highest BCUT2D eigenvalue weighted by molar-refractivity contribution is 6.28. The van der Waals surface area contributed by atoms with Crippen molar-refractivity contribution in [2.75, 3.05) is 5.32 Å². The van der Waals surface area contributed by atoms with Crippen LogP contribution in [0.1, 0.15) is 11.3 Å². The van der Waals surface area contributed by atoms with Gasteiger partial charge in [-0.1, -0.05) is 0 Å². The van der Waals surface area contributed by atoms with Gasteiger partial charge in [-0.2, -0.15) is 20.1 Å². The normalized spacial score (nSPS) is 10.8. The van der Waals surface area contributed by atoms with Gasteiger partial charge in [0.1, 0.15) is 6.33 Å². The Morgan fingerprint density at radius 1 is 1.29 bits per heavy atom. The van der Waals surface area contributed by atoms with Crippen molar-refractivity contribution in [2.24, 2.45) is 7.05 Å². The number of aromatic nitrogens is 7. The topological polar surface area (TPSA) is 86.3 Å². The van der Waals surface area contributed by atoms with Gasteiger partial charge in [-0.25, -0.2) is 4.98 Å². The van der Waals surface area contributed by atoms with Crippen LogP contribution in [-0.2, 0) is 13.6 Å². The van der Waals surface area contributed by atoms with Crippen molar-refractivity contribution >= 4 is 17.5 Å². The molecule has 0 bridgehead atoms. The molecule has 0 atom stereocenters. The second-order valence-electron chi connectivity index (χ2n) is 4.43. The molecule has 0 saturated heterocycles. The van der Waals surface area contributed by atoms with Crippen molar-refractivity contribution < 1.29 is 0 Å². The molecule has 0 aliphatic carbocycles. The average Bonchev–Trinajstić information content (AvgIpc) is 3.09. The molecule has 3 heterocycles. The van der Waals surface area contributed by atoms with Gasteiger partial charge in [0.15, 0.2) is 0 Å². The highest BCUT2D eigenvalue weighted by Crippen LogP contribution is 2.12. The summed E-state index contributed by atoms with van der Waals surface area (Å²) >= 11 is 5.93. The summed E-state index contributed by atoms with van der Waals surface area (Å²) in [6.45, 7) is 2.56. The van der Waals surface area contributed by atoms with Crippen LogP contribution >= 0.6 is 11.6 Å². The maximum Gasteiger partial charge on any atom is 0.241 e. The molecule has 0 aliphatic heterocycles. The van der Waals surface area contributed by atoms with E-state index in [1.54, 1.807) is 23.3 Å². The Hall–Kier alpha value is -2.48. The summed E-state index contributed by atoms with van der Waals surface area (Å²) in [5.41, 5.74) is 2.15. The highest BCUT2D eigenvalue weighted by atomic mass is 35.5. The standard InChI is InChI=1S/C12H13ClN8/c1-8-9(6-16-20(8)2)5-15-11-17-10(13)18-12(19-11)21-4-3-14-7-21/h3-4,6-7H,5H2,1-2H3,(H,15,17,18,19). The van der Waals surface area contributed by atoms with E-state index in [1.165, 1.54) is 0 Å². The smallest absolute Gasteiger partial charge is 0.241 e. The summed E-state index contributed by atoms with van der Waals surface area (Å²) in [7, 11) is 1.90. The zero-order valence-corrected chi connectivity index (χ0v) is 12.3. The van der Waals surface area contributed by atoms with Crippen LogP contribution in [-0.4, -0.2) is 34.3 Å². The molecule has 9 heteroatoms. The fourth-order valence-corrected chi connectivity index (χ4v) is 1.96. The Bertz CT molecular complexity index is 749. The van der Waals surface area contributed by atoms with E-state index in [1.807, 2.05) is 24.9 Å². The minimum Gasteiger partial charge on any atom is -0.350 e. The van der Waals surface area contributed by atoms with Crippen LogP contribution in [0.4, 0.5) is 5.95 Å². The summed E-state index contributed by atoms with van der Waals surface area (Å²) in [4.78, 5) is 16.4. The SMILES string of the molecule is Cc1c(CNc2nc(Cl)nc(-n3ccnc3)n2)cnn1C. The largest absolute Gasteiger partial charge is 0.350 e. The van der Waals surface area contributed by atoms with Crippen LogP contribution in [0.3, 0.4) is 0 Å². The lowest BCUT2D eigenvalue weighted by molar-refractivity contribution is 0.738. The maximum absolute atomic E-state index is 5.93.